The number of aryl methyl sites for hydroxylation is 1. The van der Waals surface area contributed by atoms with Gasteiger partial charge in [-0.05, 0) is 77.9 Å². The summed E-state index contributed by atoms with van der Waals surface area (Å²) in [6.07, 6.45) is 1.02. The molecule has 11 heteroatoms. The maximum atomic E-state index is 16.5. The van der Waals surface area contributed by atoms with Crippen molar-refractivity contribution in [2.24, 2.45) is 11.7 Å². The summed E-state index contributed by atoms with van der Waals surface area (Å²) in [5, 5.41) is 12.7. The predicted molar refractivity (Wildman–Crippen MR) is 185 cm³/mol. The molecule has 6 rings (SSSR count). The van der Waals surface area contributed by atoms with Crippen molar-refractivity contribution >= 4 is 17.6 Å². The third-order valence-corrected chi connectivity index (χ3v) is 8.53. The smallest absolute Gasteiger partial charge is 0.339 e. The summed E-state index contributed by atoms with van der Waals surface area (Å²) in [4.78, 5) is 30.7. The molecular weight excluding hydrogens is 642 g/mol. The Morgan fingerprint density at radius 2 is 1.60 bits per heavy atom. The average molecular weight is 679 g/mol. The van der Waals surface area contributed by atoms with Crippen molar-refractivity contribution in [1.29, 1.82) is 0 Å². The van der Waals surface area contributed by atoms with Crippen LogP contribution in [0, 0.1) is 24.5 Å². The number of nitrogens with zero attached hydrogens (tertiary/aromatic N) is 2. The van der Waals surface area contributed by atoms with E-state index in [9.17, 15) is 14.7 Å². The highest BCUT2D eigenvalue weighted by Gasteiger charge is 2.33. The summed E-state index contributed by atoms with van der Waals surface area (Å²) in [6.45, 7) is 2.67. The number of carboxylic acid groups (broad SMARTS) is 1. The van der Waals surface area contributed by atoms with Crippen LogP contribution < -0.4 is 25.4 Å². The van der Waals surface area contributed by atoms with Crippen LogP contribution in [0.2, 0.25) is 0 Å². The number of piperidine rings is 1. The van der Waals surface area contributed by atoms with Gasteiger partial charge in [-0.25, -0.2) is 4.79 Å². The molecule has 0 saturated carbocycles. The largest absolute Gasteiger partial charge is 0.478 e. The van der Waals surface area contributed by atoms with Crippen molar-refractivity contribution in [1.82, 2.24) is 10.3 Å². The topological polar surface area (TPSA) is 127 Å². The highest BCUT2D eigenvalue weighted by molar-refractivity contribution is 5.91. The van der Waals surface area contributed by atoms with E-state index in [0.717, 1.165) is 22.3 Å². The monoisotopic (exact) mass is 678 g/mol. The Labute approximate surface area is 288 Å². The molecule has 0 bridgehead atoms. The fraction of sp³-hybridized carbons (Fsp3) is 0.205. The lowest BCUT2D eigenvalue weighted by molar-refractivity contribution is -0.125. The van der Waals surface area contributed by atoms with Crippen LogP contribution in [0.5, 0.6) is 23.3 Å². The highest BCUT2D eigenvalue weighted by Crippen LogP contribution is 2.40. The Bertz CT molecular complexity index is 2020. The second-order valence-corrected chi connectivity index (χ2v) is 12.1. The number of aromatic carboxylic acids is 1. The molecule has 1 aliphatic heterocycles. The number of pyridine rings is 1. The van der Waals surface area contributed by atoms with Crippen LogP contribution in [0.3, 0.4) is 0 Å². The molecule has 1 unspecified atom stereocenters. The number of ether oxygens (including phenoxy) is 2. The molecule has 1 saturated heterocycles. The third-order valence-electron chi connectivity index (χ3n) is 8.53. The zero-order valence-corrected chi connectivity index (χ0v) is 27.4. The first-order valence-corrected chi connectivity index (χ1v) is 16.2. The minimum Gasteiger partial charge on any atom is -0.478 e. The van der Waals surface area contributed by atoms with Crippen LogP contribution in [0.25, 0.3) is 11.1 Å². The quantitative estimate of drug-likeness (QED) is 0.130. The van der Waals surface area contributed by atoms with Crippen molar-refractivity contribution in [3.8, 4) is 34.4 Å². The van der Waals surface area contributed by atoms with E-state index in [1.165, 1.54) is 17.0 Å². The van der Waals surface area contributed by atoms with Crippen molar-refractivity contribution < 1.29 is 33.0 Å². The predicted octanol–water partition coefficient (Wildman–Crippen LogP) is 7.61. The minimum atomic E-state index is -1.30. The van der Waals surface area contributed by atoms with Gasteiger partial charge in [0, 0.05) is 26.2 Å². The van der Waals surface area contributed by atoms with Gasteiger partial charge in [-0.15, -0.1) is 0 Å². The molecule has 9 nitrogen and oxygen atoms in total. The van der Waals surface area contributed by atoms with Crippen LogP contribution in [-0.4, -0.2) is 35.1 Å². The van der Waals surface area contributed by atoms with E-state index >= 15 is 8.78 Å². The number of nitrogens with one attached hydrogen (secondary N) is 1. The van der Waals surface area contributed by atoms with Gasteiger partial charge in [0.05, 0.1) is 5.92 Å². The number of hydrogen-bond acceptors (Lipinski definition) is 7. The standard InChI is InChI=1S/C39H36F2N4O5/c1-24-15-16-31(39(47)48)32(18-24)50-38-34(41)35(45-17-7-13-29(23-45)36(46)43-22-25-8-3-2-4-9-25)33(40)37(44-38)49-30-14-6-12-28(20-30)27-11-5-10-26(19-27)21-42/h2-6,8-12,14-16,18-20,29H,7,13,17,21-23,42H2,1H3,(H,43,46)(H,47,48). The molecule has 50 heavy (non-hydrogen) atoms. The number of nitrogens with two attached hydrogens (primary N) is 1. The molecule has 1 amide bonds. The van der Waals surface area contributed by atoms with Gasteiger partial charge in [-0.3, -0.25) is 4.79 Å². The van der Waals surface area contributed by atoms with Gasteiger partial charge in [0.2, 0.25) is 17.5 Å². The number of hydrogen-bond donors (Lipinski definition) is 3. The maximum Gasteiger partial charge on any atom is 0.339 e. The summed E-state index contributed by atoms with van der Waals surface area (Å²) in [6, 6.07) is 28.3. The number of carbonyl (C=O) groups is 2. The molecule has 1 fully saturated rings. The molecule has 1 atom stereocenters. The molecule has 0 aliphatic carbocycles. The summed E-state index contributed by atoms with van der Waals surface area (Å²) in [7, 11) is 0. The summed E-state index contributed by atoms with van der Waals surface area (Å²) in [5.41, 5.74) is 9.25. The van der Waals surface area contributed by atoms with E-state index in [1.807, 2.05) is 60.7 Å². The number of benzene rings is 4. The Morgan fingerprint density at radius 3 is 2.34 bits per heavy atom. The maximum absolute atomic E-state index is 16.5. The van der Waals surface area contributed by atoms with Gasteiger partial charge < -0.3 is 30.5 Å². The van der Waals surface area contributed by atoms with Crippen molar-refractivity contribution in [3.05, 3.63) is 131 Å². The van der Waals surface area contributed by atoms with Crippen LogP contribution in [0.15, 0.2) is 97.1 Å². The van der Waals surface area contributed by atoms with E-state index in [1.54, 1.807) is 31.2 Å². The van der Waals surface area contributed by atoms with E-state index < -0.39 is 41.0 Å². The van der Waals surface area contributed by atoms with Crippen LogP contribution in [-0.2, 0) is 17.9 Å². The molecule has 5 aromatic rings. The average Bonchev–Trinajstić information content (AvgIpc) is 3.13. The van der Waals surface area contributed by atoms with Gasteiger partial charge in [-0.1, -0.05) is 66.7 Å². The second kappa shape index (κ2) is 15.2. The lowest BCUT2D eigenvalue weighted by Crippen LogP contribution is -2.43. The normalized spacial score (nSPS) is 14.2. The fourth-order valence-corrected chi connectivity index (χ4v) is 5.95. The summed E-state index contributed by atoms with van der Waals surface area (Å²) < 4.78 is 44.7. The summed E-state index contributed by atoms with van der Waals surface area (Å²) >= 11 is 0. The van der Waals surface area contributed by atoms with Gasteiger partial charge >= 0.3 is 5.97 Å². The van der Waals surface area contributed by atoms with Crippen LogP contribution in [0.1, 0.15) is 39.9 Å². The number of anilines is 1. The Hall–Kier alpha value is -5.81. The molecular formula is C39H36F2N4O5. The van der Waals surface area contributed by atoms with Crippen LogP contribution >= 0.6 is 0 Å². The lowest BCUT2D eigenvalue weighted by Gasteiger charge is -2.34. The molecule has 2 heterocycles. The highest BCUT2D eigenvalue weighted by atomic mass is 19.1. The summed E-state index contributed by atoms with van der Waals surface area (Å²) in [5.74, 6) is -5.53. The molecule has 4 N–H and O–H groups in total. The minimum absolute atomic E-state index is 0.0230. The van der Waals surface area contributed by atoms with Gasteiger partial charge in [0.25, 0.3) is 11.8 Å². The zero-order chi connectivity index (χ0) is 35.2. The van der Waals surface area contributed by atoms with Crippen molar-refractivity contribution in [2.45, 2.75) is 32.9 Å². The molecule has 0 radical (unpaired) electrons. The van der Waals surface area contributed by atoms with E-state index in [0.29, 0.717) is 31.5 Å². The van der Waals surface area contributed by atoms with Crippen molar-refractivity contribution in [3.63, 3.8) is 0 Å². The first-order valence-electron chi connectivity index (χ1n) is 16.2. The second-order valence-electron chi connectivity index (χ2n) is 12.1. The lowest BCUT2D eigenvalue weighted by atomic mass is 9.96. The number of rotatable bonds is 11. The molecule has 1 aromatic heterocycles. The van der Waals surface area contributed by atoms with E-state index in [4.69, 9.17) is 15.2 Å². The molecule has 4 aromatic carbocycles. The van der Waals surface area contributed by atoms with Crippen LogP contribution in [0.4, 0.5) is 14.5 Å². The Kier molecular flexibility index (Phi) is 10.3. The SMILES string of the molecule is Cc1ccc(C(=O)O)c(Oc2nc(Oc3cccc(-c4cccc(CN)c4)c3)c(F)c(N3CCCC(C(=O)NCc4ccccc4)C3)c2F)c1. The number of carboxylic acids is 1. The number of carbonyl (C=O) groups excluding carboxylic acids is 1. The van der Waals surface area contributed by atoms with Crippen molar-refractivity contribution in [2.75, 3.05) is 18.0 Å². The number of amides is 1. The van der Waals surface area contributed by atoms with Gasteiger partial charge in [-0.2, -0.15) is 13.8 Å². The van der Waals surface area contributed by atoms with E-state index in [-0.39, 0.29) is 36.1 Å². The van der Waals surface area contributed by atoms with E-state index in [2.05, 4.69) is 10.3 Å². The Morgan fingerprint density at radius 1 is 0.900 bits per heavy atom. The Balaban J connectivity index is 1.36. The first kappa shape index (κ1) is 34.1. The van der Waals surface area contributed by atoms with Gasteiger partial charge in [0.15, 0.2) is 0 Å². The third kappa shape index (κ3) is 7.74. The number of halogens is 2. The molecule has 256 valence electrons. The first-order chi connectivity index (χ1) is 24.2. The molecule has 0 spiro atoms. The fourth-order valence-electron chi connectivity index (χ4n) is 5.95. The number of aromatic nitrogens is 1. The van der Waals surface area contributed by atoms with Gasteiger partial charge in [0.1, 0.15) is 22.7 Å². The molecule has 1 aliphatic rings. The zero-order valence-electron chi connectivity index (χ0n) is 27.4.